The van der Waals surface area contributed by atoms with Gasteiger partial charge in [0.05, 0.1) is 0 Å². The normalized spacial score (nSPS) is 16.7. The van der Waals surface area contributed by atoms with Crippen molar-refractivity contribution in [3.05, 3.63) is 60.2 Å². The van der Waals surface area contributed by atoms with E-state index in [0.29, 0.717) is 6.42 Å². The van der Waals surface area contributed by atoms with Crippen molar-refractivity contribution in [1.29, 1.82) is 0 Å². The Morgan fingerprint density at radius 3 is 2.47 bits per heavy atom. The summed E-state index contributed by atoms with van der Waals surface area (Å²) >= 11 is 0. The maximum atomic E-state index is 10.8. The second kappa shape index (κ2) is 4.87. The fourth-order valence-electron chi connectivity index (χ4n) is 1.97. The first-order valence-corrected chi connectivity index (χ1v) is 5.51. The van der Waals surface area contributed by atoms with E-state index in [1.54, 1.807) is 0 Å². The van der Waals surface area contributed by atoms with Crippen molar-refractivity contribution in [2.75, 3.05) is 0 Å². The molecule has 1 aliphatic rings. The van der Waals surface area contributed by atoms with Crippen molar-refractivity contribution in [3.63, 3.8) is 0 Å². The Hall–Kier alpha value is -2.03. The molecule has 1 N–H and O–H groups in total. The van der Waals surface area contributed by atoms with Gasteiger partial charge in [0.1, 0.15) is 0 Å². The summed E-state index contributed by atoms with van der Waals surface area (Å²) in [5.74, 6) is 0. The highest BCUT2D eigenvalue weighted by molar-refractivity contribution is 5.59. The van der Waals surface area contributed by atoms with Crippen LogP contribution in [0.3, 0.4) is 0 Å². The number of benzene rings is 1. The highest BCUT2D eigenvalue weighted by Gasteiger charge is 2.30. The Balaban J connectivity index is 2.22. The van der Waals surface area contributed by atoms with Crippen LogP contribution in [0.2, 0.25) is 0 Å². The van der Waals surface area contributed by atoms with Gasteiger partial charge in [-0.1, -0.05) is 42.5 Å². The van der Waals surface area contributed by atoms with Crippen LogP contribution in [0.15, 0.2) is 54.6 Å². The van der Waals surface area contributed by atoms with Gasteiger partial charge in [0.2, 0.25) is 0 Å². The molecule has 0 spiro atoms. The molecule has 0 aliphatic heterocycles. The van der Waals surface area contributed by atoms with E-state index in [0.717, 1.165) is 12.0 Å². The Morgan fingerprint density at radius 1 is 1.24 bits per heavy atom. The highest BCUT2D eigenvalue weighted by Crippen LogP contribution is 2.25. The van der Waals surface area contributed by atoms with Gasteiger partial charge >= 0.3 is 6.16 Å². The van der Waals surface area contributed by atoms with Crippen LogP contribution in [0.25, 0.3) is 0 Å². The molecule has 0 saturated heterocycles. The first-order valence-electron chi connectivity index (χ1n) is 5.51. The Bertz CT molecular complexity index is 434. The van der Waals surface area contributed by atoms with Gasteiger partial charge in [0, 0.05) is 6.42 Å². The largest absolute Gasteiger partial charge is 0.506 e. The Kier molecular flexibility index (Phi) is 3.28. The van der Waals surface area contributed by atoms with Crippen LogP contribution < -0.4 is 0 Å². The van der Waals surface area contributed by atoms with E-state index in [-0.39, 0.29) is 0 Å². The number of hydrogen-bond acceptors (Lipinski definition) is 2. The summed E-state index contributed by atoms with van der Waals surface area (Å²) in [5, 5.41) is 8.82. The molecule has 17 heavy (non-hydrogen) atoms. The maximum Gasteiger partial charge on any atom is 0.506 e. The summed E-state index contributed by atoms with van der Waals surface area (Å²) < 4.78 is 5.03. The Morgan fingerprint density at radius 2 is 1.88 bits per heavy atom. The summed E-state index contributed by atoms with van der Waals surface area (Å²) in [5.41, 5.74) is 0.191. The first kappa shape index (κ1) is 11.5. The van der Waals surface area contributed by atoms with Gasteiger partial charge in [-0.25, -0.2) is 4.79 Å². The molecule has 0 amide bonds. The molecule has 1 aromatic rings. The average Bonchev–Trinajstić information content (AvgIpc) is 2.30. The summed E-state index contributed by atoms with van der Waals surface area (Å²) in [4.78, 5) is 10.8. The molecule has 0 bridgehead atoms. The Labute approximate surface area is 100 Å². The molecule has 0 unspecified atom stereocenters. The lowest BCUT2D eigenvalue weighted by atomic mass is 9.90. The van der Waals surface area contributed by atoms with E-state index < -0.39 is 11.8 Å². The molecule has 2 rings (SSSR count). The van der Waals surface area contributed by atoms with Crippen LogP contribution in [-0.2, 0) is 11.2 Å². The molecule has 0 heterocycles. The highest BCUT2D eigenvalue weighted by atomic mass is 16.7. The van der Waals surface area contributed by atoms with Gasteiger partial charge in [0.25, 0.3) is 0 Å². The van der Waals surface area contributed by atoms with Crippen LogP contribution in [0.4, 0.5) is 4.79 Å². The smallest absolute Gasteiger partial charge is 0.450 e. The molecule has 0 radical (unpaired) electrons. The predicted molar refractivity (Wildman–Crippen MR) is 64.9 cm³/mol. The SMILES string of the molecule is O=C(O)OC1(Cc2ccccc2)C=CCC=C1. The molecule has 3 heteroatoms. The van der Waals surface area contributed by atoms with Crippen LogP contribution in [0.5, 0.6) is 0 Å². The van der Waals surface area contributed by atoms with E-state index in [1.165, 1.54) is 0 Å². The summed E-state index contributed by atoms with van der Waals surface area (Å²) in [6.07, 6.45) is 7.56. The van der Waals surface area contributed by atoms with Crippen LogP contribution in [0, 0.1) is 0 Å². The number of rotatable bonds is 3. The molecule has 1 aliphatic carbocycles. The summed E-state index contributed by atoms with van der Waals surface area (Å²) in [7, 11) is 0. The number of ether oxygens (including phenoxy) is 1. The number of allylic oxidation sites excluding steroid dienone is 2. The molecule has 1 aromatic carbocycles. The zero-order chi connectivity index (χ0) is 12.1. The fraction of sp³-hybridized carbons (Fsp3) is 0.214. The molecule has 3 nitrogen and oxygen atoms in total. The zero-order valence-electron chi connectivity index (χ0n) is 9.37. The number of carboxylic acid groups (broad SMARTS) is 1. The van der Waals surface area contributed by atoms with Crippen LogP contribution in [-0.4, -0.2) is 16.9 Å². The molecule has 88 valence electrons. The first-order chi connectivity index (χ1) is 8.20. The second-order valence-electron chi connectivity index (χ2n) is 4.03. The van der Waals surface area contributed by atoms with Gasteiger partial charge in [-0.3, -0.25) is 0 Å². The minimum atomic E-state index is -1.25. The molecule has 0 saturated carbocycles. The van der Waals surface area contributed by atoms with Gasteiger partial charge in [-0.2, -0.15) is 0 Å². The van der Waals surface area contributed by atoms with Crippen molar-refractivity contribution in [2.45, 2.75) is 18.4 Å². The van der Waals surface area contributed by atoms with Crippen molar-refractivity contribution < 1.29 is 14.6 Å². The van der Waals surface area contributed by atoms with E-state index in [9.17, 15) is 4.79 Å². The lowest BCUT2D eigenvalue weighted by molar-refractivity contribution is 0.0352. The lowest BCUT2D eigenvalue weighted by Gasteiger charge is -2.27. The number of hydrogen-bond donors (Lipinski definition) is 1. The molecular formula is C14H14O3. The molecule has 0 fully saturated rings. The minimum Gasteiger partial charge on any atom is -0.450 e. The third-order valence-electron chi connectivity index (χ3n) is 2.67. The van der Waals surface area contributed by atoms with E-state index in [1.807, 2.05) is 54.6 Å². The summed E-state index contributed by atoms with van der Waals surface area (Å²) in [6.45, 7) is 0. The predicted octanol–water partition coefficient (Wildman–Crippen LogP) is 3.18. The lowest BCUT2D eigenvalue weighted by Crippen LogP contribution is -2.33. The molecule has 0 aromatic heterocycles. The summed E-state index contributed by atoms with van der Waals surface area (Å²) in [6, 6.07) is 9.72. The van der Waals surface area contributed by atoms with Gasteiger partial charge < -0.3 is 9.84 Å². The van der Waals surface area contributed by atoms with Crippen molar-refractivity contribution >= 4 is 6.16 Å². The van der Waals surface area contributed by atoms with Crippen molar-refractivity contribution in [3.8, 4) is 0 Å². The molecular weight excluding hydrogens is 216 g/mol. The molecule has 0 atom stereocenters. The second-order valence-corrected chi connectivity index (χ2v) is 4.03. The monoisotopic (exact) mass is 230 g/mol. The quantitative estimate of drug-likeness (QED) is 0.640. The maximum absolute atomic E-state index is 10.8. The van der Waals surface area contributed by atoms with E-state index in [2.05, 4.69) is 0 Å². The zero-order valence-corrected chi connectivity index (χ0v) is 9.37. The standard InChI is InChI=1S/C14H14O3/c15-13(16)17-14(9-5-2-6-10-14)11-12-7-3-1-4-8-12/h1,3-10H,2,11H2,(H,15,16). The van der Waals surface area contributed by atoms with Crippen LogP contribution >= 0.6 is 0 Å². The topological polar surface area (TPSA) is 46.5 Å². The fourth-order valence-corrected chi connectivity index (χ4v) is 1.97. The van der Waals surface area contributed by atoms with Crippen molar-refractivity contribution in [1.82, 2.24) is 0 Å². The average molecular weight is 230 g/mol. The van der Waals surface area contributed by atoms with Crippen molar-refractivity contribution in [2.24, 2.45) is 0 Å². The number of carbonyl (C=O) groups is 1. The van der Waals surface area contributed by atoms with Crippen LogP contribution in [0.1, 0.15) is 12.0 Å². The van der Waals surface area contributed by atoms with E-state index in [4.69, 9.17) is 9.84 Å². The van der Waals surface area contributed by atoms with Gasteiger partial charge in [-0.15, -0.1) is 0 Å². The van der Waals surface area contributed by atoms with Gasteiger partial charge in [0.15, 0.2) is 5.60 Å². The van der Waals surface area contributed by atoms with Gasteiger partial charge in [-0.05, 0) is 24.1 Å². The third kappa shape index (κ3) is 2.97. The minimum absolute atomic E-state index is 0.521. The third-order valence-corrected chi connectivity index (χ3v) is 2.67. The van der Waals surface area contributed by atoms with E-state index >= 15 is 0 Å².